The topological polar surface area (TPSA) is 90.2 Å². The number of amides is 1. The Balaban J connectivity index is 1.86. The van der Waals surface area contributed by atoms with E-state index in [4.69, 9.17) is 5.73 Å². The Kier molecular flexibility index (Phi) is 3.72. The predicted molar refractivity (Wildman–Crippen MR) is 89.1 cm³/mol. The Morgan fingerprint density at radius 2 is 1.68 bits per heavy atom. The lowest BCUT2D eigenvalue weighted by Crippen LogP contribution is -2.51. The molecule has 1 unspecified atom stereocenters. The van der Waals surface area contributed by atoms with Crippen LogP contribution < -0.4 is 16.4 Å². The maximum absolute atomic E-state index is 12.3. The van der Waals surface area contributed by atoms with Gasteiger partial charge in [-0.25, -0.2) is 0 Å². The average Bonchev–Trinajstić information content (AvgIpc) is 2.87. The van der Waals surface area contributed by atoms with Crippen molar-refractivity contribution >= 4 is 28.5 Å². The highest BCUT2D eigenvalue weighted by Gasteiger charge is 2.45. The van der Waals surface area contributed by atoms with E-state index >= 15 is 0 Å². The van der Waals surface area contributed by atoms with Gasteiger partial charge < -0.3 is 20.9 Å². The van der Waals surface area contributed by atoms with E-state index in [2.05, 4.69) is 10.6 Å². The van der Waals surface area contributed by atoms with Gasteiger partial charge in [0.1, 0.15) is 0 Å². The number of rotatable bonds is 4. The second-order valence-electron chi connectivity index (χ2n) is 5.31. The van der Waals surface area contributed by atoms with Gasteiger partial charge in [-0.1, -0.05) is 24.3 Å². The number of carbonyl (C=O) groups excluding carboxylic acids is 1. The summed E-state index contributed by atoms with van der Waals surface area (Å²) in [5, 5.41) is 6.66. The molecule has 1 amide bonds. The largest absolute Gasteiger partial charge is 0.613 e. The molecule has 0 spiro atoms. The molecule has 2 aromatic rings. The highest BCUT2D eigenvalue weighted by molar-refractivity contribution is 7.92. The van der Waals surface area contributed by atoms with E-state index in [1.807, 2.05) is 36.4 Å². The van der Waals surface area contributed by atoms with Crippen LogP contribution in [0.1, 0.15) is 15.9 Å². The maximum atomic E-state index is 12.3. The van der Waals surface area contributed by atoms with E-state index < -0.39 is 22.1 Å². The Labute approximate surface area is 132 Å². The van der Waals surface area contributed by atoms with Crippen LogP contribution >= 0.6 is 0 Å². The summed E-state index contributed by atoms with van der Waals surface area (Å²) < 4.78 is 12.3. The summed E-state index contributed by atoms with van der Waals surface area (Å²) >= 11 is -1.15. The zero-order chi connectivity index (χ0) is 15.7. The third-order valence-electron chi connectivity index (χ3n) is 3.78. The number of anilines is 2. The monoisotopic (exact) mass is 315 g/mol. The zero-order valence-corrected chi connectivity index (χ0v) is 12.9. The summed E-state index contributed by atoms with van der Waals surface area (Å²) in [5.74, 6) is -0.454. The highest BCUT2D eigenvalue weighted by atomic mass is 32.2. The third kappa shape index (κ3) is 2.63. The van der Waals surface area contributed by atoms with Crippen molar-refractivity contribution in [2.45, 2.75) is 11.4 Å². The molecule has 0 aliphatic carbocycles. The van der Waals surface area contributed by atoms with Gasteiger partial charge in [0.05, 0.1) is 24.1 Å². The molecule has 22 heavy (non-hydrogen) atoms. The molecule has 0 aromatic heterocycles. The van der Waals surface area contributed by atoms with Crippen molar-refractivity contribution in [1.29, 1.82) is 0 Å². The molecule has 6 heteroatoms. The van der Waals surface area contributed by atoms with Crippen molar-refractivity contribution < 1.29 is 9.35 Å². The van der Waals surface area contributed by atoms with E-state index in [1.165, 1.54) is 0 Å². The molecular formula is C16H17N3O2S. The highest BCUT2D eigenvalue weighted by Crippen LogP contribution is 2.38. The van der Waals surface area contributed by atoms with Crippen LogP contribution in [0.5, 0.6) is 0 Å². The molecule has 3 rings (SSSR count). The van der Waals surface area contributed by atoms with Gasteiger partial charge in [0.2, 0.25) is 5.91 Å². The smallest absolute Gasteiger partial charge is 0.276 e. The van der Waals surface area contributed by atoms with Crippen LogP contribution in [0.2, 0.25) is 0 Å². The van der Waals surface area contributed by atoms with Gasteiger partial charge in [0.25, 0.3) is 4.99 Å². The first-order valence-electron chi connectivity index (χ1n) is 6.88. The minimum atomic E-state index is -1.15. The van der Waals surface area contributed by atoms with Crippen LogP contribution in [0, 0.1) is 0 Å². The Hall–Kier alpha value is -2.18. The Bertz CT molecular complexity index is 676. The number of primary amides is 1. The summed E-state index contributed by atoms with van der Waals surface area (Å²) in [7, 11) is 0. The van der Waals surface area contributed by atoms with Gasteiger partial charge in [0, 0.05) is 5.56 Å². The summed E-state index contributed by atoms with van der Waals surface area (Å²) in [5.41, 5.74) is 8.55. The average molecular weight is 315 g/mol. The minimum absolute atomic E-state index is 0.454. The van der Waals surface area contributed by atoms with Gasteiger partial charge in [-0.3, -0.25) is 4.79 Å². The third-order valence-corrected chi connectivity index (χ3v) is 5.11. The van der Waals surface area contributed by atoms with Crippen LogP contribution in [0.15, 0.2) is 48.5 Å². The van der Waals surface area contributed by atoms with Gasteiger partial charge in [-0.05, 0) is 41.0 Å². The molecule has 1 heterocycles. The summed E-state index contributed by atoms with van der Waals surface area (Å²) in [6.45, 7) is 0. The first-order chi connectivity index (χ1) is 10.5. The molecule has 4 N–H and O–H groups in total. The number of para-hydroxylation sites is 2. The molecule has 1 aliphatic heterocycles. The molecule has 114 valence electrons. The fourth-order valence-electron chi connectivity index (χ4n) is 2.58. The number of carbonyl (C=O) groups is 1. The van der Waals surface area contributed by atoms with Crippen molar-refractivity contribution in [3.63, 3.8) is 0 Å². The molecule has 0 saturated carbocycles. The normalized spacial score (nSPS) is 16.3. The molecule has 0 fully saturated rings. The predicted octanol–water partition coefficient (Wildman–Crippen LogP) is 1.90. The second-order valence-corrected chi connectivity index (χ2v) is 6.92. The number of fused-ring (bicyclic) bond motifs is 1. The molecule has 1 atom stereocenters. The molecule has 0 bridgehead atoms. The number of nitrogens with one attached hydrogen (secondary N) is 2. The summed E-state index contributed by atoms with van der Waals surface area (Å²) in [6, 6.07) is 14.8. The van der Waals surface area contributed by atoms with Crippen LogP contribution in [-0.2, 0) is 17.6 Å². The number of hydrogen-bond acceptors (Lipinski definition) is 4. The van der Waals surface area contributed by atoms with Crippen molar-refractivity contribution in [2.75, 3.05) is 16.9 Å². The molecule has 5 nitrogen and oxygen atoms in total. The molecule has 0 radical (unpaired) electrons. The SMILES string of the molecule is C[S+]([O-])C1(Cc2ccc(C(N)=O)cc2)Nc2ccccc2N1. The fraction of sp³-hybridized carbons (Fsp3) is 0.188. The lowest BCUT2D eigenvalue weighted by atomic mass is 10.1. The first kappa shape index (κ1) is 14.7. The van der Waals surface area contributed by atoms with Crippen LogP contribution in [0.25, 0.3) is 0 Å². The van der Waals surface area contributed by atoms with E-state index in [-0.39, 0.29) is 0 Å². The Morgan fingerprint density at radius 1 is 1.14 bits per heavy atom. The minimum Gasteiger partial charge on any atom is -0.613 e. The maximum Gasteiger partial charge on any atom is 0.276 e. The van der Waals surface area contributed by atoms with Gasteiger partial charge >= 0.3 is 0 Å². The van der Waals surface area contributed by atoms with Gasteiger partial charge in [-0.15, -0.1) is 0 Å². The summed E-state index contributed by atoms with van der Waals surface area (Å²) in [4.78, 5) is 10.4. The first-order valence-corrected chi connectivity index (χ1v) is 8.44. The quantitative estimate of drug-likeness (QED) is 0.752. The van der Waals surface area contributed by atoms with Gasteiger partial charge in [-0.2, -0.15) is 0 Å². The Morgan fingerprint density at radius 3 is 2.14 bits per heavy atom. The van der Waals surface area contributed by atoms with Crippen LogP contribution in [-0.4, -0.2) is 21.7 Å². The summed E-state index contributed by atoms with van der Waals surface area (Å²) in [6.07, 6.45) is 2.19. The zero-order valence-electron chi connectivity index (χ0n) is 12.1. The lowest BCUT2D eigenvalue weighted by molar-refractivity contribution is 0.100. The van der Waals surface area contributed by atoms with Crippen molar-refractivity contribution in [3.8, 4) is 0 Å². The molecule has 0 saturated heterocycles. The molecule has 1 aliphatic rings. The standard InChI is InChI=1S/C16H17N3O2S/c1-22(21)16(18-13-4-2-3-5-14(13)19-16)10-11-6-8-12(9-7-11)15(17)20/h2-9,18-19H,10H2,1H3,(H2,17,20). The second kappa shape index (κ2) is 5.55. The van der Waals surface area contributed by atoms with Crippen LogP contribution in [0.3, 0.4) is 0 Å². The van der Waals surface area contributed by atoms with E-state index in [0.717, 1.165) is 16.9 Å². The number of nitrogens with two attached hydrogens (primary N) is 1. The molecule has 2 aromatic carbocycles. The van der Waals surface area contributed by atoms with Crippen LogP contribution in [0.4, 0.5) is 11.4 Å². The molecular weight excluding hydrogens is 298 g/mol. The lowest BCUT2D eigenvalue weighted by Gasteiger charge is -2.30. The van der Waals surface area contributed by atoms with Crippen molar-refractivity contribution in [3.05, 3.63) is 59.7 Å². The number of benzene rings is 2. The van der Waals surface area contributed by atoms with Crippen molar-refractivity contribution in [1.82, 2.24) is 0 Å². The van der Waals surface area contributed by atoms with E-state index in [9.17, 15) is 9.35 Å². The fourth-order valence-corrected chi connectivity index (χ4v) is 3.45. The number of hydrogen-bond donors (Lipinski definition) is 3. The van der Waals surface area contributed by atoms with Gasteiger partial charge in [0.15, 0.2) is 0 Å². The van der Waals surface area contributed by atoms with Crippen molar-refractivity contribution in [2.24, 2.45) is 5.73 Å². The van der Waals surface area contributed by atoms with E-state index in [1.54, 1.807) is 18.4 Å². The van der Waals surface area contributed by atoms with E-state index in [0.29, 0.717) is 12.0 Å².